The van der Waals surface area contributed by atoms with Gasteiger partial charge in [-0.15, -0.1) is 0 Å². The largest absolute Gasteiger partial charge is 0.477 e. The highest BCUT2D eigenvalue weighted by molar-refractivity contribution is 7.46. The van der Waals surface area contributed by atoms with E-state index in [2.05, 4.69) is 4.52 Å². The Morgan fingerprint density at radius 2 is 0.843 bits per heavy atom. The summed E-state index contributed by atoms with van der Waals surface area (Å²) in [6.07, 6.45) is -95.9. The fraction of sp³-hybridized carbons (Fsp3) is 0.981. The van der Waals surface area contributed by atoms with Crippen LogP contribution in [0.1, 0.15) is 13.3 Å². The van der Waals surface area contributed by atoms with Crippen molar-refractivity contribution < 1.29 is 255 Å². The number of ether oxygens (including phenoxy) is 15. The van der Waals surface area contributed by atoms with Crippen molar-refractivity contribution in [2.75, 3.05) is 46.2 Å². The van der Waals surface area contributed by atoms with Crippen LogP contribution in [0.15, 0.2) is 0 Å². The molecule has 8 aliphatic heterocycles. The highest BCUT2D eigenvalue weighted by Crippen LogP contribution is 2.51. The van der Waals surface area contributed by atoms with E-state index in [1.54, 1.807) is 0 Å². The van der Waals surface area contributed by atoms with Gasteiger partial charge in [0.1, 0.15) is 189 Å². The lowest BCUT2D eigenvalue weighted by Gasteiger charge is -2.52. The molecule has 8 saturated heterocycles. The number of phosphoric acid groups is 3. The maximum Gasteiger partial charge on any atom is 0.470 e. The van der Waals surface area contributed by atoms with Crippen LogP contribution in [0, 0.1) is 0 Å². The molecule has 0 aromatic heterocycles. The predicted molar refractivity (Wildman–Crippen MR) is 321 cm³/mol. The summed E-state index contributed by atoms with van der Waals surface area (Å²) in [4.78, 5) is 73.7. The number of phosphoric ester groups is 3. The number of carboxylic acid groups (broad SMARTS) is 1. The lowest BCUT2D eigenvalue weighted by atomic mass is 9.91. The van der Waals surface area contributed by atoms with Crippen LogP contribution in [0.25, 0.3) is 0 Å². The first-order valence-electron chi connectivity index (χ1n) is 32.6. The average Bonchev–Trinajstić information content (AvgIpc) is 0.750. The molecule has 42 atom stereocenters. The summed E-state index contributed by atoms with van der Waals surface area (Å²) >= 11 is 0. The number of nitrogens with two attached hydrogens (primary N) is 1. The van der Waals surface area contributed by atoms with E-state index in [0.717, 1.165) is 0 Å². The summed E-state index contributed by atoms with van der Waals surface area (Å²) in [5.74, 6) is -5.73. The number of aliphatic hydroxyl groups excluding tert-OH is 22. The second kappa shape index (κ2) is 37.7. The van der Waals surface area contributed by atoms with Crippen LogP contribution in [-0.4, -0.2) is 461 Å². The van der Waals surface area contributed by atoms with E-state index in [1.165, 1.54) is 6.92 Å². The molecule has 8 aliphatic rings. The zero-order chi connectivity index (χ0) is 80.6. The Bertz CT molecular complexity index is 2980. The van der Waals surface area contributed by atoms with Crippen molar-refractivity contribution in [2.24, 2.45) is 5.73 Å². The molecule has 0 amide bonds. The average molecular weight is 1660 g/mol. The summed E-state index contributed by atoms with van der Waals surface area (Å²) < 4.78 is 138. The number of carbonyl (C=O) groups is 1. The Hall–Kier alpha value is -1.76. The number of aliphatic carboxylic acids is 1. The second-order valence-corrected chi connectivity index (χ2v) is 29.8. The number of hydrogen-bond donors (Lipinski definition) is 31. The minimum atomic E-state index is -6.36. The summed E-state index contributed by atoms with van der Waals surface area (Å²) in [5, 5.41) is 261. The number of rotatable bonds is 31. The van der Waals surface area contributed by atoms with Crippen molar-refractivity contribution in [3.8, 4) is 0 Å². The third-order valence-corrected chi connectivity index (χ3v) is 20.2. The lowest BCUT2D eigenvalue weighted by molar-refractivity contribution is -0.398. The van der Waals surface area contributed by atoms with Gasteiger partial charge in [-0.1, -0.05) is 0 Å². The number of aliphatic hydroxyl groups is 23. The van der Waals surface area contributed by atoms with Gasteiger partial charge in [0.25, 0.3) is 5.79 Å². The van der Waals surface area contributed by atoms with E-state index in [1.807, 2.05) is 0 Å². The van der Waals surface area contributed by atoms with Crippen LogP contribution < -0.4 is 5.73 Å². The molecule has 108 heavy (non-hydrogen) atoms. The third-order valence-electron chi connectivity index (χ3n) is 18.6. The SMILES string of the molecule is C[C@@H]1O[C@@H](OC[C@H]2O[C@H](O[C@@H]3[C@H](O[C@@H]4O[C@H](CO[C@H]5O[C@H](CO)[C@@H](O)[C@H](O)[C@H]5O)[C@@H](O)[C@H](O)[C@H]4O)[C@@H](N)[C@@H](O[C@@H]4[C@H](O)[C@@H](O[C@H]5[C@H](OP(=O)(O)O)[C@@H]([C@H](CO)OP(=O)(O)O)O[C@H](O[C@H]6[C@@H]([C@H](O)CO)O[C@@](O)(C(=O)O)C[C@H]6O)[C@H]5OP(=O)(O)O)O[C@H]([C@@H](O)CO)[C@H]4O)O[C@@H]3CO)[C@H](O)[C@H](O)[C@@H]2O)[C@H](O)[C@H](O)[C@H]1O. The minimum Gasteiger partial charge on any atom is -0.477 e. The Morgan fingerprint density at radius 1 is 0.426 bits per heavy atom. The van der Waals surface area contributed by atoms with E-state index in [4.69, 9.17) is 85.8 Å². The molecule has 53 nitrogen and oxygen atoms in total. The van der Waals surface area contributed by atoms with Gasteiger partial charge in [0.15, 0.2) is 44.0 Å². The molecule has 0 unspecified atom stereocenters. The van der Waals surface area contributed by atoms with Crippen LogP contribution in [-0.2, 0) is 103 Å². The summed E-state index contributed by atoms with van der Waals surface area (Å²) in [6.45, 7) is -7.80. The maximum absolute atomic E-state index is 13.1. The molecule has 8 heterocycles. The molecule has 0 aromatic carbocycles. The van der Waals surface area contributed by atoms with Crippen LogP contribution in [0.3, 0.4) is 0 Å². The Morgan fingerprint density at radius 3 is 1.33 bits per heavy atom. The molecule has 632 valence electrons. The first-order chi connectivity index (χ1) is 50.2. The van der Waals surface area contributed by atoms with E-state index in [9.17, 15) is 170 Å². The van der Waals surface area contributed by atoms with Gasteiger partial charge in [0.2, 0.25) is 0 Å². The van der Waals surface area contributed by atoms with Crippen LogP contribution >= 0.6 is 23.5 Å². The summed E-state index contributed by atoms with van der Waals surface area (Å²) in [6, 6.07) is -2.33. The molecular formula is C52H92NO52P3. The van der Waals surface area contributed by atoms with Crippen molar-refractivity contribution in [1.82, 2.24) is 0 Å². The Labute approximate surface area is 605 Å². The van der Waals surface area contributed by atoms with Gasteiger partial charge in [-0.2, -0.15) is 0 Å². The zero-order valence-electron chi connectivity index (χ0n) is 55.6. The van der Waals surface area contributed by atoms with Gasteiger partial charge in [-0.05, 0) is 6.92 Å². The van der Waals surface area contributed by atoms with Gasteiger partial charge in [-0.25, -0.2) is 18.5 Å². The zero-order valence-corrected chi connectivity index (χ0v) is 58.3. The molecule has 56 heteroatoms. The summed E-state index contributed by atoms with van der Waals surface area (Å²) in [5.41, 5.74) is 6.82. The first-order valence-corrected chi connectivity index (χ1v) is 37.1. The highest BCUT2D eigenvalue weighted by atomic mass is 31.2. The van der Waals surface area contributed by atoms with E-state index in [-0.39, 0.29) is 0 Å². The first kappa shape index (κ1) is 91.8. The normalized spacial score (nSPS) is 47.6. The van der Waals surface area contributed by atoms with E-state index in [0.29, 0.717) is 0 Å². The van der Waals surface area contributed by atoms with Gasteiger partial charge in [0.05, 0.1) is 64.5 Å². The van der Waals surface area contributed by atoms with Crippen LogP contribution in [0.2, 0.25) is 0 Å². The molecule has 32 N–H and O–H groups in total. The Kier molecular flexibility index (Phi) is 32.0. The standard InChI is InChI=1S/C52H92NO52P3/c1-10-20(62)24(66)28(70)45(90-10)88-8-17-22(64)26(68)30(72)47(93-17)97-37-15(6-57)92-44(19(53)39(37)99-48-31(73)27(69)23(65)18(94-48)9-89-46-29(71)25(67)21(63)14(5-56)91-46)100-40-32(74)34(12(60)3-54)95-49(33(40)75)101-41-42(104-107(82,83)84)38(16(7-58)103-106(79,80)81)98-50(43(41)105-108(85,86)87)96-35-11(59)2-52(78,51(76)77)102-36(35)13(61)4-55/h10-50,54-75,78H,2-9,53H2,1H3,(H,76,77)(H2,79,80,81)(H2,82,83,84)(H2,85,86,87)/t10-,11+,12-,13+,14+,15+,16-,17+,18+,19+,20-,21+,22+,23+,24+,25-,26+,27-,28+,29+,30+,31+,32+,33-,34+,35+,36+,37-,38+,39+,40-,41-,42+,43-,44+,45+,46-,47+,48-,49+,50-,52+/m0/s1. The fourth-order valence-corrected chi connectivity index (χ4v) is 14.5. The molecule has 8 fully saturated rings. The third kappa shape index (κ3) is 21.1. The van der Waals surface area contributed by atoms with Crippen molar-refractivity contribution in [2.45, 2.75) is 271 Å². The monoisotopic (exact) mass is 1660 g/mol. The molecule has 0 aromatic rings. The molecule has 0 aliphatic carbocycles. The van der Waals surface area contributed by atoms with Gasteiger partial charge in [-0.3, -0.25) is 13.6 Å². The van der Waals surface area contributed by atoms with Crippen molar-refractivity contribution in [3.05, 3.63) is 0 Å². The van der Waals surface area contributed by atoms with Crippen LogP contribution in [0.5, 0.6) is 0 Å². The van der Waals surface area contributed by atoms with Crippen molar-refractivity contribution in [3.63, 3.8) is 0 Å². The smallest absolute Gasteiger partial charge is 0.470 e. The maximum atomic E-state index is 13.1. The minimum absolute atomic E-state index is 0.936. The quantitative estimate of drug-likeness (QED) is 0.0287. The summed E-state index contributed by atoms with van der Waals surface area (Å²) in [7, 11) is -18.7. The fourth-order valence-electron chi connectivity index (χ4n) is 12.9. The van der Waals surface area contributed by atoms with Crippen molar-refractivity contribution in [1.29, 1.82) is 0 Å². The van der Waals surface area contributed by atoms with Crippen molar-refractivity contribution >= 4 is 29.4 Å². The van der Waals surface area contributed by atoms with Gasteiger partial charge >= 0.3 is 29.4 Å². The predicted octanol–water partition coefficient (Wildman–Crippen LogP) is -18.5. The van der Waals surface area contributed by atoms with Gasteiger partial charge in [0, 0.05) is 6.42 Å². The van der Waals surface area contributed by atoms with Gasteiger partial charge < -0.3 is 229 Å². The van der Waals surface area contributed by atoms with Crippen LogP contribution in [0.4, 0.5) is 0 Å². The second-order valence-electron chi connectivity index (χ2n) is 26.2. The topological polar surface area (TPSA) is 867 Å². The molecule has 0 spiro atoms. The van der Waals surface area contributed by atoms with E-state index >= 15 is 0 Å². The molecule has 8 rings (SSSR count). The molecule has 0 radical (unpaired) electrons. The lowest BCUT2D eigenvalue weighted by Crippen LogP contribution is -2.71. The number of hydrogen-bond acceptors (Lipinski definition) is 46. The number of carboxylic acids is 1. The molecule has 0 saturated carbocycles. The molecule has 0 bridgehead atoms. The van der Waals surface area contributed by atoms with E-state index < -0.39 is 339 Å². The molecular weight excluding hydrogens is 1560 g/mol. The Balaban J connectivity index is 1.18. The highest BCUT2D eigenvalue weighted by Gasteiger charge is 2.63.